The molecule has 12 heteroatoms. The molecule has 0 aliphatic carbocycles. The molecule has 0 saturated carbocycles. The maximum Gasteiger partial charge on any atom is 0.276 e. The third-order valence-electron chi connectivity index (χ3n) is 6.56. The quantitative estimate of drug-likeness (QED) is 0.373. The smallest absolute Gasteiger partial charge is 0.276 e. The summed E-state index contributed by atoms with van der Waals surface area (Å²) in [7, 11) is 0. The minimum Gasteiger partial charge on any atom is -0.378 e. The molecule has 0 bridgehead atoms. The molecule has 1 atom stereocenters. The predicted molar refractivity (Wildman–Crippen MR) is 149 cm³/mol. The van der Waals surface area contributed by atoms with Gasteiger partial charge in [0.1, 0.15) is 6.04 Å². The summed E-state index contributed by atoms with van der Waals surface area (Å²) in [5, 5.41) is 6.50. The van der Waals surface area contributed by atoms with Crippen LogP contribution in [-0.2, 0) is 9.53 Å². The number of nitrogens with zero attached hydrogens (tertiary/aromatic N) is 4. The molecule has 0 spiro atoms. The number of amides is 2. The van der Waals surface area contributed by atoms with Gasteiger partial charge in [0.2, 0.25) is 11.0 Å². The molecule has 38 heavy (non-hydrogen) atoms. The molecule has 4 heterocycles. The number of benzene rings is 2. The number of carbonyl (C=O) groups is 2. The summed E-state index contributed by atoms with van der Waals surface area (Å²) in [5.74, 6) is -0.790. The Morgan fingerprint density at radius 3 is 2.61 bits per heavy atom. The summed E-state index contributed by atoms with van der Waals surface area (Å²) >= 11 is 4.74. The summed E-state index contributed by atoms with van der Waals surface area (Å²) in [5.41, 5.74) is 5.16. The number of anilines is 2. The van der Waals surface area contributed by atoms with Crippen LogP contribution in [0.3, 0.4) is 0 Å². The highest BCUT2D eigenvalue weighted by Crippen LogP contribution is 2.34. The first-order chi connectivity index (χ1) is 18.4. The second kappa shape index (κ2) is 9.95. The van der Waals surface area contributed by atoms with Crippen LogP contribution in [0.1, 0.15) is 27.7 Å². The number of halogens is 1. The number of rotatable bonds is 4. The summed E-state index contributed by atoms with van der Waals surface area (Å²) in [6.07, 6.45) is 0. The number of thiazole rings is 1. The van der Waals surface area contributed by atoms with Crippen molar-refractivity contribution in [2.24, 2.45) is 0 Å². The molecule has 2 amide bonds. The van der Waals surface area contributed by atoms with Crippen molar-refractivity contribution in [1.82, 2.24) is 15.1 Å². The largest absolute Gasteiger partial charge is 0.378 e. The molecule has 1 saturated heterocycles. The SMILES string of the molecule is Cc1c2c(cc(=O)n1N1CCOCC1)[C@H](C(=O)Nc1ccc(Br)cc1)NN(c1nc3ccccc3s1)C2=O. The number of pyridine rings is 1. The Hall–Kier alpha value is -3.58. The molecule has 0 radical (unpaired) electrons. The van der Waals surface area contributed by atoms with Crippen LogP contribution < -0.4 is 26.3 Å². The van der Waals surface area contributed by atoms with Crippen LogP contribution in [-0.4, -0.2) is 47.8 Å². The van der Waals surface area contributed by atoms with Gasteiger partial charge in [0.25, 0.3) is 11.5 Å². The molecular weight excluding hydrogens is 572 g/mol. The Labute approximate surface area is 229 Å². The second-order valence-corrected chi connectivity index (χ2v) is 10.9. The lowest BCUT2D eigenvalue weighted by Crippen LogP contribution is -2.56. The lowest BCUT2D eigenvalue weighted by atomic mass is 9.96. The van der Waals surface area contributed by atoms with E-state index >= 15 is 0 Å². The fraction of sp³-hybridized carbons (Fsp3) is 0.231. The maximum absolute atomic E-state index is 14.0. The van der Waals surface area contributed by atoms with E-state index < -0.39 is 11.9 Å². The monoisotopic (exact) mass is 594 g/mol. The van der Waals surface area contributed by atoms with E-state index in [-0.39, 0.29) is 11.5 Å². The standard InChI is InChI=1S/C26H23BrN6O4S/c1-15-22-18(14-21(34)33(15)31-10-12-37-13-11-31)23(24(35)28-17-8-6-16(27)7-9-17)30-32(25(22)36)26-29-19-4-2-3-5-20(19)38-26/h2-9,14,23,30H,10-13H2,1H3,(H,28,35)/t23-/m1/s1. The average Bonchev–Trinajstić information content (AvgIpc) is 3.34. The Kier molecular flexibility index (Phi) is 6.48. The van der Waals surface area contributed by atoms with E-state index in [0.717, 1.165) is 14.7 Å². The predicted octanol–water partition coefficient (Wildman–Crippen LogP) is 3.34. The fourth-order valence-corrected chi connectivity index (χ4v) is 5.97. The number of ether oxygens (including phenoxy) is 1. The van der Waals surface area contributed by atoms with Crippen molar-refractivity contribution in [3.8, 4) is 0 Å². The van der Waals surface area contributed by atoms with Crippen LogP contribution in [0, 0.1) is 6.92 Å². The van der Waals surface area contributed by atoms with Crippen LogP contribution in [0.4, 0.5) is 10.8 Å². The van der Waals surface area contributed by atoms with Gasteiger partial charge in [-0.2, -0.15) is 0 Å². The zero-order valence-electron chi connectivity index (χ0n) is 20.3. The van der Waals surface area contributed by atoms with E-state index in [4.69, 9.17) is 4.74 Å². The fourth-order valence-electron chi connectivity index (χ4n) is 4.77. The Balaban J connectivity index is 1.46. The van der Waals surface area contributed by atoms with Crippen molar-refractivity contribution in [3.63, 3.8) is 0 Å². The number of fused-ring (bicyclic) bond motifs is 2. The molecule has 10 nitrogen and oxygen atoms in total. The maximum atomic E-state index is 14.0. The normalized spacial score (nSPS) is 17.5. The van der Waals surface area contributed by atoms with Gasteiger partial charge in [-0.3, -0.25) is 14.4 Å². The van der Waals surface area contributed by atoms with Gasteiger partial charge in [-0.15, -0.1) is 0 Å². The zero-order valence-corrected chi connectivity index (χ0v) is 22.7. The van der Waals surface area contributed by atoms with E-state index in [2.05, 4.69) is 31.7 Å². The Morgan fingerprint density at radius 2 is 1.87 bits per heavy atom. The first-order valence-electron chi connectivity index (χ1n) is 12.0. The number of hydrazine groups is 1. The summed E-state index contributed by atoms with van der Waals surface area (Å²) in [6, 6.07) is 15.1. The van der Waals surface area contributed by atoms with Gasteiger partial charge in [-0.05, 0) is 43.3 Å². The van der Waals surface area contributed by atoms with E-state index in [1.165, 1.54) is 27.1 Å². The van der Waals surface area contributed by atoms with Gasteiger partial charge in [0, 0.05) is 21.8 Å². The second-order valence-electron chi connectivity index (χ2n) is 8.94. The molecule has 2 aliphatic heterocycles. The number of hydrogen-bond donors (Lipinski definition) is 2. The summed E-state index contributed by atoms with van der Waals surface area (Å²) in [4.78, 5) is 45.5. The lowest BCUT2D eigenvalue weighted by molar-refractivity contribution is -0.118. The molecule has 2 N–H and O–H groups in total. The molecule has 6 rings (SSSR count). The van der Waals surface area contributed by atoms with E-state index in [1.807, 2.05) is 41.4 Å². The molecule has 2 aromatic heterocycles. The third-order valence-corrected chi connectivity index (χ3v) is 8.11. The van der Waals surface area contributed by atoms with Gasteiger partial charge in [0.15, 0.2) is 0 Å². The van der Waals surface area contributed by atoms with E-state index in [1.54, 1.807) is 19.1 Å². The number of nitrogens with one attached hydrogen (secondary N) is 2. The third kappa shape index (κ3) is 4.39. The Bertz CT molecular complexity index is 1580. The number of hydrogen-bond acceptors (Lipinski definition) is 8. The van der Waals surface area contributed by atoms with Crippen LogP contribution in [0.25, 0.3) is 10.2 Å². The molecule has 2 aromatic carbocycles. The van der Waals surface area contributed by atoms with Crippen molar-refractivity contribution < 1.29 is 14.3 Å². The molecule has 0 unspecified atom stereocenters. The van der Waals surface area contributed by atoms with Gasteiger partial charge >= 0.3 is 0 Å². The molecular formula is C26H23BrN6O4S. The number of morpholine rings is 1. The first-order valence-corrected chi connectivity index (χ1v) is 13.6. The summed E-state index contributed by atoms with van der Waals surface area (Å²) < 4.78 is 8.75. The van der Waals surface area contributed by atoms with Crippen LogP contribution in [0.15, 0.2) is 63.9 Å². The zero-order chi connectivity index (χ0) is 26.4. The van der Waals surface area contributed by atoms with Crippen molar-refractivity contribution in [2.75, 3.05) is 41.6 Å². The highest BCUT2D eigenvalue weighted by molar-refractivity contribution is 9.10. The van der Waals surface area contributed by atoms with Crippen molar-refractivity contribution >= 4 is 60.1 Å². The molecule has 4 aromatic rings. The van der Waals surface area contributed by atoms with E-state index in [0.29, 0.717) is 53.9 Å². The van der Waals surface area contributed by atoms with Gasteiger partial charge in [-0.25, -0.2) is 20.1 Å². The van der Waals surface area contributed by atoms with Crippen molar-refractivity contribution in [3.05, 3.63) is 86.2 Å². The number of para-hydroxylation sites is 1. The van der Waals surface area contributed by atoms with Crippen LogP contribution in [0.2, 0.25) is 0 Å². The van der Waals surface area contributed by atoms with E-state index in [9.17, 15) is 14.4 Å². The highest BCUT2D eigenvalue weighted by Gasteiger charge is 2.40. The minimum atomic E-state index is -1.01. The highest BCUT2D eigenvalue weighted by atomic mass is 79.9. The number of carbonyl (C=O) groups excluding carboxylic acids is 2. The minimum absolute atomic E-state index is 0.296. The number of aromatic nitrogens is 2. The van der Waals surface area contributed by atoms with Crippen LogP contribution in [0.5, 0.6) is 0 Å². The van der Waals surface area contributed by atoms with Gasteiger partial charge in [-0.1, -0.05) is 39.4 Å². The molecule has 1 fully saturated rings. The van der Waals surface area contributed by atoms with Crippen molar-refractivity contribution in [1.29, 1.82) is 0 Å². The van der Waals surface area contributed by atoms with Crippen molar-refractivity contribution in [2.45, 2.75) is 13.0 Å². The molecule has 2 aliphatic rings. The van der Waals surface area contributed by atoms with Gasteiger partial charge in [0.05, 0.1) is 47.8 Å². The lowest BCUT2D eigenvalue weighted by Gasteiger charge is -2.37. The molecule has 194 valence electrons. The van der Waals surface area contributed by atoms with Gasteiger partial charge < -0.3 is 15.1 Å². The topological polar surface area (TPSA) is 109 Å². The Morgan fingerprint density at radius 1 is 1.13 bits per heavy atom. The summed E-state index contributed by atoms with van der Waals surface area (Å²) in [6.45, 7) is 3.73. The van der Waals surface area contributed by atoms with Crippen LogP contribution >= 0.6 is 27.3 Å². The first kappa shape index (κ1) is 24.7. The average molecular weight is 595 g/mol.